The third-order valence-corrected chi connectivity index (χ3v) is 3.59. The van der Waals surface area contributed by atoms with Gasteiger partial charge in [-0.15, -0.1) is 0 Å². The first kappa shape index (κ1) is 18.1. The van der Waals surface area contributed by atoms with E-state index in [2.05, 4.69) is 15.3 Å². The average Bonchev–Trinajstić information content (AvgIpc) is 2.49. The van der Waals surface area contributed by atoms with Gasteiger partial charge in [0.25, 0.3) is 0 Å². The van der Waals surface area contributed by atoms with Crippen molar-refractivity contribution < 1.29 is 9.72 Å². The molecule has 1 saturated carbocycles. The maximum atomic E-state index is 11.1. The van der Waals surface area contributed by atoms with Crippen molar-refractivity contribution in [3.63, 3.8) is 0 Å². The molecule has 0 unspecified atom stereocenters. The highest BCUT2D eigenvalue weighted by Crippen LogP contribution is 2.29. The lowest BCUT2D eigenvalue weighted by Crippen LogP contribution is -2.32. The van der Waals surface area contributed by atoms with Crippen molar-refractivity contribution in [1.29, 1.82) is 0 Å². The van der Waals surface area contributed by atoms with Gasteiger partial charge in [-0.1, -0.05) is 13.8 Å². The molecule has 122 valence electrons. The van der Waals surface area contributed by atoms with E-state index in [4.69, 9.17) is 17.3 Å². The number of nitrogens with zero attached hydrogens (tertiary/aromatic N) is 3. The highest BCUT2D eigenvalue weighted by atomic mass is 35.5. The smallest absolute Gasteiger partial charge is 0.329 e. The summed E-state index contributed by atoms with van der Waals surface area (Å²) in [5.74, 6) is -0.297. The fourth-order valence-corrected chi connectivity index (χ4v) is 2.44. The van der Waals surface area contributed by atoms with Gasteiger partial charge in [-0.3, -0.25) is 14.9 Å². The number of hydrogen-bond donors (Lipinski definition) is 2. The zero-order valence-electron chi connectivity index (χ0n) is 12.6. The molecule has 0 spiro atoms. The molecule has 8 nitrogen and oxygen atoms in total. The van der Waals surface area contributed by atoms with Crippen LogP contribution in [0.5, 0.6) is 0 Å². The van der Waals surface area contributed by atoms with Crippen LogP contribution in [0, 0.1) is 16.0 Å². The quantitative estimate of drug-likeness (QED) is 0.497. The maximum Gasteiger partial charge on any atom is 0.329 e. The standard InChI is InChI=1S/C11H14ClN5O3.C2H6/c12-11-14-5-8(17(19)20)10(16-11)15-7-3-1-6(2-4-7)9(13)18;1-2/h5-7H,1-4H2,(H2,13,18)(H,14,15,16);1-2H3. The molecule has 0 radical (unpaired) electrons. The summed E-state index contributed by atoms with van der Waals surface area (Å²) in [7, 11) is 0. The van der Waals surface area contributed by atoms with E-state index in [1.54, 1.807) is 0 Å². The predicted octanol–water partition coefficient (Wildman–Crippen LogP) is 2.52. The van der Waals surface area contributed by atoms with Gasteiger partial charge in [0, 0.05) is 12.0 Å². The molecule has 1 amide bonds. The van der Waals surface area contributed by atoms with Crippen LogP contribution in [0.25, 0.3) is 0 Å². The number of nitrogens with one attached hydrogen (secondary N) is 1. The number of hydrogen-bond acceptors (Lipinski definition) is 6. The third kappa shape index (κ3) is 4.80. The molecule has 1 aromatic rings. The molecule has 3 N–H and O–H groups in total. The van der Waals surface area contributed by atoms with Crippen LogP contribution in [-0.2, 0) is 4.79 Å². The van der Waals surface area contributed by atoms with Crippen LogP contribution in [0.3, 0.4) is 0 Å². The largest absolute Gasteiger partial charge is 0.369 e. The molecule has 0 bridgehead atoms. The maximum absolute atomic E-state index is 11.1. The molecule has 1 heterocycles. The minimum atomic E-state index is -0.562. The summed E-state index contributed by atoms with van der Waals surface area (Å²) in [5, 5.41) is 13.8. The fraction of sp³-hybridized carbons (Fsp3) is 0.615. The Hall–Kier alpha value is -1.96. The highest BCUT2D eigenvalue weighted by molar-refractivity contribution is 6.28. The monoisotopic (exact) mass is 329 g/mol. The van der Waals surface area contributed by atoms with Gasteiger partial charge >= 0.3 is 5.69 Å². The topological polar surface area (TPSA) is 124 Å². The second-order valence-corrected chi connectivity index (χ2v) is 5.06. The SMILES string of the molecule is CC.NC(=O)C1CCC(Nc2nc(Cl)ncc2[N+](=O)[O-])CC1. The average molecular weight is 330 g/mol. The minimum Gasteiger partial charge on any atom is -0.369 e. The van der Waals surface area contributed by atoms with Crippen molar-refractivity contribution in [3.05, 3.63) is 21.6 Å². The van der Waals surface area contributed by atoms with E-state index in [-0.39, 0.29) is 34.7 Å². The van der Waals surface area contributed by atoms with E-state index in [1.165, 1.54) is 0 Å². The molecule has 0 atom stereocenters. The molecule has 0 saturated heterocycles. The van der Waals surface area contributed by atoms with Gasteiger partial charge in [0.15, 0.2) is 0 Å². The zero-order chi connectivity index (χ0) is 16.7. The summed E-state index contributed by atoms with van der Waals surface area (Å²) in [6, 6.07) is 0.00951. The van der Waals surface area contributed by atoms with Crippen molar-refractivity contribution in [2.75, 3.05) is 5.32 Å². The van der Waals surface area contributed by atoms with Crippen LogP contribution in [0.2, 0.25) is 5.28 Å². The van der Waals surface area contributed by atoms with E-state index >= 15 is 0 Å². The Morgan fingerprint density at radius 1 is 1.41 bits per heavy atom. The van der Waals surface area contributed by atoms with Gasteiger partial charge in [0.05, 0.1) is 4.92 Å². The molecule has 1 aromatic heterocycles. The van der Waals surface area contributed by atoms with Crippen LogP contribution >= 0.6 is 11.6 Å². The van der Waals surface area contributed by atoms with Gasteiger partial charge in [-0.2, -0.15) is 4.98 Å². The number of nitrogens with two attached hydrogens (primary N) is 1. The van der Waals surface area contributed by atoms with Crippen molar-refractivity contribution >= 4 is 29.0 Å². The number of nitro groups is 1. The molecular weight excluding hydrogens is 310 g/mol. The number of halogens is 1. The lowest BCUT2D eigenvalue weighted by molar-refractivity contribution is -0.384. The van der Waals surface area contributed by atoms with E-state index in [0.29, 0.717) is 25.7 Å². The normalized spacial score (nSPS) is 20.5. The zero-order valence-corrected chi connectivity index (χ0v) is 13.3. The Labute approximate surface area is 133 Å². The summed E-state index contributed by atoms with van der Waals surface area (Å²) in [5.41, 5.74) is 5.05. The lowest BCUT2D eigenvalue weighted by Gasteiger charge is -2.27. The molecule has 2 rings (SSSR count). The third-order valence-electron chi connectivity index (χ3n) is 3.41. The minimum absolute atomic E-state index is 0.00951. The molecule has 1 aliphatic rings. The van der Waals surface area contributed by atoms with Crippen LogP contribution in [0.15, 0.2) is 6.20 Å². The number of amides is 1. The van der Waals surface area contributed by atoms with Gasteiger partial charge in [0.1, 0.15) is 6.20 Å². The molecular formula is C13H20ClN5O3. The molecule has 0 aromatic carbocycles. The second kappa shape index (κ2) is 8.47. The predicted molar refractivity (Wildman–Crippen MR) is 83.6 cm³/mol. The van der Waals surface area contributed by atoms with Crippen molar-refractivity contribution in [2.45, 2.75) is 45.6 Å². The molecule has 0 aliphatic heterocycles. The fourth-order valence-electron chi connectivity index (χ4n) is 2.31. The number of aromatic nitrogens is 2. The summed E-state index contributed by atoms with van der Waals surface area (Å²) in [4.78, 5) is 28.9. The summed E-state index contributed by atoms with van der Waals surface area (Å²) in [6.07, 6.45) is 3.81. The van der Waals surface area contributed by atoms with E-state index in [0.717, 1.165) is 6.20 Å². The van der Waals surface area contributed by atoms with Crippen molar-refractivity contribution in [1.82, 2.24) is 9.97 Å². The lowest BCUT2D eigenvalue weighted by atomic mass is 9.85. The molecule has 1 aliphatic carbocycles. The van der Waals surface area contributed by atoms with Crippen LogP contribution in [0.4, 0.5) is 11.5 Å². The molecule has 1 fully saturated rings. The van der Waals surface area contributed by atoms with Crippen molar-refractivity contribution in [2.24, 2.45) is 11.7 Å². The van der Waals surface area contributed by atoms with Crippen LogP contribution < -0.4 is 11.1 Å². The number of rotatable bonds is 4. The Morgan fingerprint density at radius 2 is 2.00 bits per heavy atom. The highest BCUT2D eigenvalue weighted by Gasteiger charge is 2.27. The first-order valence-electron chi connectivity index (χ1n) is 7.20. The Kier molecular flexibility index (Phi) is 6.97. The van der Waals surface area contributed by atoms with E-state index < -0.39 is 4.92 Å². The van der Waals surface area contributed by atoms with Gasteiger partial charge < -0.3 is 11.1 Å². The van der Waals surface area contributed by atoms with Gasteiger partial charge in [0.2, 0.25) is 17.0 Å². The van der Waals surface area contributed by atoms with Gasteiger partial charge in [-0.25, -0.2) is 4.98 Å². The first-order valence-corrected chi connectivity index (χ1v) is 7.58. The van der Waals surface area contributed by atoms with E-state index in [1.807, 2.05) is 13.8 Å². The van der Waals surface area contributed by atoms with Crippen LogP contribution in [-0.4, -0.2) is 26.8 Å². The summed E-state index contributed by atoms with van der Waals surface area (Å²) >= 11 is 5.66. The van der Waals surface area contributed by atoms with Crippen molar-refractivity contribution in [3.8, 4) is 0 Å². The Morgan fingerprint density at radius 3 is 2.50 bits per heavy atom. The summed E-state index contributed by atoms with van der Waals surface area (Å²) < 4.78 is 0. The Bertz CT molecular complexity index is 532. The molecule has 22 heavy (non-hydrogen) atoms. The number of primary amides is 1. The number of carbonyl (C=O) groups is 1. The number of anilines is 1. The van der Waals surface area contributed by atoms with Crippen LogP contribution in [0.1, 0.15) is 39.5 Å². The van der Waals surface area contributed by atoms with E-state index in [9.17, 15) is 14.9 Å². The first-order chi connectivity index (χ1) is 10.5. The number of carbonyl (C=O) groups excluding carboxylic acids is 1. The summed E-state index contributed by atoms with van der Waals surface area (Å²) in [6.45, 7) is 4.00. The Balaban J connectivity index is 0.00000116. The van der Waals surface area contributed by atoms with Gasteiger partial charge in [-0.05, 0) is 37.3 Å². The second-order valence-electron chi connectivity index (χ2n) is 4.73. The molecule has 9 heteroatoms.